The van der Waals surface area contributed by atoms with Crippen LogP contribution in [0.4, 0.5) is 5.69 Å². The van der Waals surface area contributed by atoms with Crippen LogP contribution in [0.25, 0.3) is 0 Å². The van der Waals surface area contributed by atoms with Gasteiger partial charge in [0.05, 0.1) is 0 Å². The molecule has 1 heterocycles. The first-order chi connectivity index (χ1) is 9.28. The Morgan fingerprint density at radius 2 is 2.21 bits per heavy atom. The molecule has 0 aromatic heterocycles. The van der Waals surface area contributed by atoms with E-state index in [0.29, 0.717) is 0 Å². The minimum atomic E-state index is 0.0984. The minimum absolute atomic E-state index is 0.0984. The Morgan fingerprint density at radius 1 is 1.42 bits per heavy atom. The molecule has 1 fully saturated rings. The number of hydrogen-bond donors (Lipinski definition) is 1. The summed E-state index contributed by atoms with van der Waals surface area (Å²) in [6, 6.07) is 9.75. The van der Waals surface area contributed by atoms with Crippen molar-refractivity contribution in [2.45, 2.75) is 12.8 Å². The summed E-state index contributed by atoms with van der Waals surface area (Å²) in [5.74, 6) is 1.47. The van der Waals surface area contributed by atoms with Crippen molar-refractivity contribution in [2.24, 2.45) is 5.92 Å². The summed E-state index contributed by atoms with van der Waals surface area (Å²) in [7, 11) is 2.19. The summed E-state index contributed by atoms with van der Waals surface area (Å²) < 4.78 is 5.22. The lowest BCUT2D eigenvalue weighted by Crippen LogP contribution is -2.35. The zero-order valence-corrected chi connectivity index (χ0v) is 11.4. The highest BCUT2D eigenvalue weighted by Crippen LogP contribution is 2.18. The van der Waals surface area contributed by atoms with Crippen molar-refractivity contribution in [3.05, 3.63) is 24.3 Å². The van der Waals surface area contributed by atoms with Crippen molar-refractivity contribution in [1.29, 1.82) is 5.26 Å². The summed E-state index contributed by atoms with van der Waals surface area (Å²) in [4.78, 5) is 2.40. The normalized spacial score (nSPS) is 19.7. The number of likely N-dealkylation sites (tertiary alicyclic amines) is 1. The van der Waals surface area contributed by atoms with Crippen molar-refractivity contribution in [2.75, 3.05) is 38.6 Å². The number of piperidine rings is 1. The van der Waals surface area contributed by atoms with Crippen molar-refractivity contribution >= 4 is 5.69 Å². The summed E-state index contributed by atoms with van der Waals surface area (Å²) in [6.07, 6.45) is 2.60. The Balaban J connectivity index is 1.78. The van der Waals surface area contributed by atoms with Gasteiger partial charge in [0.1, 0.15) is 11.8 Å². The molecule has 0 saturated carbocycles. The predicted octanol–water partition coefficient (Wildman–Crippen LogP) is 2.34. The van der Waals surface area contributed by atoms with E-state index in [1.165, 1.54) is 25.9 Å². The Labute approximate surface area is 115 Å². The zero-order chi connectivity index (χ0) is 13.5. The molecule has 1 saturated heterocycles. The molecule has 0 amide bonds. The smallest absolute Gasteiger partial charge is 0.174 e. The van der Waals surface area contributed by atoms with Gasteiger partial charge in [-0.2, -0.15) is 5.26 Å². The van der Waals surface area contributed by atoms with Crippen molar-refractivity contribution in [3.63, 3.8) is 0 Å². The maximum absolute atomic E-state index is 8.44. The first-order valence-corrected chi connectivity index (χ1v) is 6.80. The van der Waals surface area contributed by atoms with Crippen LogP contribution in [0.15, 0.2) is 24.3 Å². The SMILES string of the molecule is CN1CCCC(CNc2ccc(OCC#N)cc2)C1. The van der Waals surface area contributed by atoms with Crippen molar-refractivity contribution in [1.82, 2.24) is 4.90 Å². The standard InChI is InChI=1S/C15H21N3O/c1-18-9-2-3-13(12-18)11-17-14-4-6-15(7-5-14)19-10-8-16/h4-7,13,17H,2-3,9-12H2,1H3. The maximum atomic E-state index is 8.44. The van der Waals surface area contributed by atoms with E-state index in [9.17, 15) is 0 Å². The zero-order valence-electron chi connectivity index (χ0n) is 11.4. The molecule has 1 aliphatic heterocycles. The average molecular weight is 259 g/mol. The summed E-state index contributed by atoms with van der Waals surface area (Å²) in [5, 5.41) is 11.9. The second-order valence-corrected chi connectivity index (χ2v) is 5.12. The fraction of sp³-hybridized carbons (Fsp3) is 0.533. The third-order valence-corrected chi connectivity index (χ3v) is 3.47. The van der Waals surface area contributed by atoms with Crippen LogP contribution in [-0.2, 0) is 0 Å². The van der Waals surface area contributed by atoms with E-state index in [1.807, 2.05) is 30.3 Å². The van der Waals surface area contributed by atoms with Gasteiger partial charge in [-0.25, -0.2) is 0 Å². The number of hydrogen-bond acceptors (Lipinski definition) is 4. The third kappa shape index (κ3) is 4.46. The largest absolute Gasteiger partial charge is 0.479 e. The molecule has 0 spiro atoms. The molecule has 0 radical (unpaired) electrons. The van der Waals surface area contributed by atoms with Gasteiger partial charge in [-0.3, -0.25) is 0 Å². The van der Waals surface area contributed by atoms with Crippen LogP contribution < -0.4 is 10.1 Å². The third-order valence-electron chi connectivity index (χ3n) is 3.47. The molecule has 1 unspecified atom stereocenters. The van der Waals surface area contributed by atoms with Crippen molar-refractivity contribution < 1.29 is 4.74 Å². The number of nitrogens with zero attached hydrogens (tertiary/aromatic N) is 2. The van der Waals surface area contributed by atoms with Gasteiger partial charge in [-0.15, -0.1) is 0 Å². The minimum Gasteiger partial charge on any atom is -0.479 e. The lowest BCUT2D eigenvalue weighted by atomic mass is 9.98. The molecular formula is C15H21N3O. The molecule has 0 aliphatic carbocycles. The summed E-state index contributed by atoms with van der Waals surface area (Å²) in [6.45, 7) is 3.52. The second-order valence-electron chi connectivity index (χ2n) is 5.12. The summed E-state index contributed by atoms with van der Waals surface area (Å²) in [5.41, 5.74) is 1.11. The number of benzene rings is 1. The molecule has 0 bridgehead atoms. The Hall–Kier alpha value is -1.73. The van der Waals surface area contributed by atoms with Crippen LogP contribution in [0, 0.1) is 17.2 Å². The molecular weight excluding hydrogens is 238 g/mol. The Morgan fingerprint density at radius 3 is 2.89 bits per heavy atom. The second kappa shape index (κ2) is 7.01. The van der Waals surface area contributed by atoms with Gasteiger partial charge in [0, 0.05) is 18.8 Å². The van der Waals surface area contributed by atoms with E-state index < -0.39 is 0 Å². The van der Waals surface area contributed by atoms with Gasteiger partial charge in [-0.1, -0.05) is 0 Å². The van der Waals surface area contributed by atoms with E-state index in [4.69, 9.17) is 10.00 Å². The fourth-order valence-corrected chi connectivity index (χ4v) is 2.49. The first kappa shape index (κ1) is 13.7. The van der Waals surface area contributed by atoms with E-state index in [0.717, 1.165) is 23.9 Å². The van der Waals surface area contributed by atoms with Crippen molar-refractivity contribution in [3.8, 4) is 11.8 Å². The monoisotopic (exact) mass is 259 g/mol. The van der Waals surface area contributed by atoms with Crippen LogP contribution in [0.1, 0.15) is 12.8 Å². The van der Waals surface area contributed by atoms with Crippen LogP contribution in [-0.4, -0.2) is 38.2 Å². The van der Waals surface area contributed by atoms with Crippen LogP contribution in [0.5, 0.6) is 5.75 Å². The highest BCUT2D eigenvalue weighted by Gasteiger charge is 2.16. The van der Waals surface area contributed by atoms with Gasteiger partial charge in [-0.05, 0) is 56.6 Å². The molecule has 1 aromatic carbocycles. The quantitative estimate of drug-likeness (QED) is 0.881. The average Bonchev–Trinajstić information content (AvgIpc) is 2.44. The van der Waals surface area contributed by atoms with Crippen LogP contribution in [0.2, 0.25) is 0 Å². The molecule has 4 heteroatoms. The number of anilines is 1. The predicted molar refractivity (Wildman–Crippen MR) is 76.3 cm³/mol. The van der Waals surface area contributed by atoms with Crippen LogP contribution >= 0.6 is 0 Å². The first-order valence-electron chi connectivity index (χ1n) is 6.80. The number of ether oxygens (including phenoxy) is 1. The molecule has 102 valence electrons. The molecule has 19 heavy (non-hydrogen) atoms. The number of rotatable bonds is 5. The number of nitriles is 1. The van der Waals surface area contributed by atoms with Gasteiger partial charge in [0.2, 0.25) is 0 Å². The highest BCUT2D eigenvalue weighted by atomic mass is 16.5. The van der Waals surface area contributed by atoms with E-state index >= 15 is 0 Å². The molecule has 1 atom stereocenters. The highest BCUT2D eigenvalue weighted by molar-refractivity contribution is 5.46. The Kier molecular flexibility index (Phi) is 5.05. The van der Waals surface area contributed by atoms with E-state index in [-0.39, 0.29) is 6.61 Å². The topological polar surface area (TPSA) is 48.3 Å². The molecule has 1 aliphatic rings. The van der Waals surface area contributed by atoms with Gasteiger partial charge >= 0.3 is 0 Å². The lowest BCUT2D eigenvalue weighted by molar-refractivity contribution is 0.217. The van der Waals surface area contributed by atoms with Gasteiger partial charge < -0.3 is 15.0 Å². The summed E-state index contributed by atoms with van der Waals surface area (Å²) >= 11 is 0. The molecule has 4 nitrogen and oxygen atoms in total. The maximum Gasteiger partial charge on any atom is 0.174 e. The number of nitrogens with one attached hydrogen (secondary N) is 1. The Bertz CT molecular complexity index is 424. The van der Waals surface area contributed by atoms with Gasteiger partial charge in [0.15, 0.2) is 6.61 Å². The van der Waals surface area contributed by atoms with E-state index in [2.05, 4.69) is 17.3 Å². The molecule has 1 aromatic rings. The van der Waals surface area contributed by atoms with Gasteiger partial charge in [0.25, 0.3) is 0 Å². The van der Waals surface area contributed by atoms with E-state index in [1.54, 1.807) is 0 Å². The molecule has 2 rings (SSSR count). The fourth-order valence-electron chi connectivity index (χ4n) is 2.49. The van der Waals surface area contributed by atoms with Crippen LogP contribution in [0.3, 0.4) is 0 Å². The molecule has 1 N–H and O–H groups in total. The lowest BCUT2D eigenvalue weighted by Gasteiger charge is -2.29.